The number of nitrogens with zero attached hydrogens (tertiary/aromatic N) is 1. The lowest BCUT2D eigenvalue weighted by molar-refractivity contribution is -0.132. The Hall–Kier alpha value is -3.57. The van der Waals surface area contributed by atoms with Crippen LogP contribution < -0.4 is 4.90 Å². The topological polar surface area (TPSA) is 77.8 Å². The molecule has 0 bridgehead atoms. The van der Waals surface area contributed by atoms with Gasteiger partial charge >= 0.3 is 0 Å². The third kappa shape index (κ3) is 3.37. The first kappa shape index (κ1) is 18.8. The summed E-state index contributed by atoms with van der Waals surface area (Å²) < 4.78 is 0. The molecule has 0 saturated carbocycles. The lowest BCUT2D eigenvalue weighted by Crippen LogP contribution is -2.29. The van der Waals surface area contributed by atoms with Crippen LogP contribution in [-0.2, 0) is 9.59 Å². The van der Waals surface area contributed by atoms with E-state index in [-0.39, 0.29) is 17.1 Å². The lowest BCUT2D eigenvalue weighted by Gasteiger charge is -2.25. The second-order valence-corrected chi connectivity index (χ2v) is 7.04. The molecule has 5 nitrogen and oxygen atoms in total. The Morgan fingerprint density at radius 2 is 1.59 bits per heavy atom. The molecule has 3 aromatic rings. The molecule has 1 amide bonds. The maximum atomic E-state index is 12.9. The number of hydrogen-bond donors (Lipinski definition) is 2. The van der Waals surface area contributed by atoms with Gasteiger partial charge in [-0.2, -0.15) is 0 Å². The Bertz CT molecular complexity index is 1120. The smallest absolute Gasteiger partial charge is 0.300 e. The molecular formula is C23H16ClNO4. The van der Waals surface area contributed by atoms with Crippen molar-refractivity contribution in [2.45, 2.75) is 6.04 Å². The van der Waals surface area contributed by atoms with E-state index in [1.54, 1.807) is 54.6 Å². The van der Waals surface area contributed by atoms with Crippen LogP contribution in [-0.4, -0.2) is 21.9 Å². The van der Waals surface area contributed by atoms with E-state index in [0.717, 1.165) is 0 Å². The van der Waals surface area contributed by atoms with Crippen molar-refractivity contribution < 1.29 is 19.8 Å². The molecule has 1 aliphatic heterocycles. The predicted octanol–water partition coefficient (Wildman–Crippen LogP) is 4.67. The molecule has 6 heteroatoms. The van der Waals surface area contributed by atoms with E-state index in [2.05, 4.69) is 0 Å². The molecule has 0 spiro atoms. The number of amides is 1. The third-order valence-electron chi connectivity index (χ3n) is 4.79. The largest absolute Gasteiger partial charge is 0.508 e. The van der Waals surface area contributed by atoms with Crippen molar-refractivity contribution in [3.05, 3.63) is 101 Å². The number of phenols is 1. The van der Waals surface area contributed by atoms with Crippen LogP contribution in [0, 0.1) is 0 Å². The number of phenolic OH excluding ortho intramolecular Hbond substituents is 1. The van der Waals surface area contributed by atoms with Gasteiger partial charge in [-0.25, -0.2) is 0 Å². The predicted molar refractivity (Wildman–Crippen MR) is 111 cm³/mol. The number of para-hydroxylation sites is 1. The molecule has 29 heavy (non-hydrogen) atoms. The number of anilines is 1. The fraction of sp³-hybridized carbons (Fsp3) is 0.0435. The van der Waals surface area contributed by atoms with Gasteiger partial charge in [0.05, 0.1) is 11.6 Å². The fourth-order valence-electron chi connectivity index (χ4n) is 3.45. The van der Waals surface area contributed by atoms with Crippen molar-refractivity contribution in [2.24, 2.45) is 0 Å². The molecule has 1 heterocycles. The molecule has 1 aliphatic rings. The highest BCUT2D eigenvalue weighted by Gasteiger charge is 2.46. The van der Waals surface area contributed by atoms with E-state index in [1.807, 2.05) is 6.07 Å². The van der Waals surface area contributed by atoms with Crippen molar-refractivity contribution in [2.75, 3.05) is 4.90 Å². The standard InChI is InChI=1S/C23H16ClNO4/c24-16-6-4-5-15(13-16)21(27)19-20(14-9-11-18(26)12-10-14)25(23(29)22(19)28)17-7-2-1-3-8-17/h1-13,20,26-27H/b21-19-. The monoisotopic (exact) mass is 405 g/mol. The maximum Gasteiger partial charge on any atom is 0.300 e. The van der Waals surface area contributed by atoms with E-state index < -0.39 is 17.7 Å². The molecule has 2 N–H and O–H groups in total. The summed E-state index contributed by atoms with van der Waals surface area (Å²) in [4.78, 5) is 27.2. The van der Waals surface area contributed by atoms with Crippen LogP contribution in [0.5, 0.6) is 5.75 Å². The third-order valence-corrected chi connectivity index (χ3v) is 5.02. The SMILES string of the molecule is O=C1C(=O)N(c2ccccc2)C(c2ccc(O)cc2)/C1=C(/O)c1cccc(Cl)c1. The van der Waals surface area contributed by atoms with Crippen molar-refractivity contribution >= 4 is 34.7 Å². The minimum Gasteiger partial charge on any atom is -0.508 e. The van der Waals surface area contributed by atoms with Gasteiger partial charge in [-0.05, 0) is 42.0 Å². The normalized spacial score (nSPS) is 18.2. The lowest BCUT2D eigenvalue weighted by atomic mass is 9.95. The van der Waals surface area contributed by atoms with Crippen LogP contribution in [0.4, 0.5) is 5.69 Å². The molecule has 144 valence electrons. The Morgan fingerprint density at radius 1 is 0.897 bits per heavy atom. The molecule has 0 aromatic heterocycles. The number of carbonyl (C=O) groups is 2. The number of ketones is 1. The summed E-state index contributed by atoms with van der Waals surface area (Å²) in [6.07, 6.45) is 0. The zero-order valence-electron chi connectivity index (χ0n) is 15.1. The van der Waals surface area contributed by atoms with E-state index in [4.69, 9.17) is 11.6 Å². The van der Waals surface area contributed by atoms with Gasteiger partial charge < -0.3 is 10.2 Å². The summed E-state index contributed by atoms with van der Waals surface area (Å²) in [5.41, 5.74) is 1.41. The van der Waals surface area contributed by atoms with Crippen molar-refractivity contribution in [1.82, 2.24) is 0 Å². The Labute approximate surface area is 172 Å². The van der Waals surface area contributed by atoms with Crippen LogP contribution in [0.2, 0.25) is 5.02 Å². The quantitative estimate of drug-likeness (QED) is 0.377. The summed E-state index contributed by atoms with van der Waals surface area (Å²) in [5.74, 6) is -1.77. The van der Waals surface area contributed by atoms with Crippen LogP contribution >= 0.6 is 11.6 Å². The average Bonchev–Trinajstić information content (AvgIpc) is 2.99. The minimum absolute atomic E-state index is 0.0354. The number of Topliss-reactive ketones (excluding diaryl/α,β-unsaturated/α-hetero) is 1. The van der Waals surface area contributed by atoms with E-state index in [9.17, 15) is 19.8 Å². The van der Waals surface area contributed by atoms with Crippen LogP contribution in [0.15, 0.2) is 84.4 Å². The molecule has 0 radical (unpaired) electrons. The van der Waals surface area contributed by atoms with Gasteiger partial charge in [0.2, 0.25) is 0 Å². The van der Waals surface area contributed by atoms with Crippen molar-refractivity contribution in [1.29, 1.82) is 0 Å². The van der Waals surface area contributed by atoms with E-state index >= 15 is 0 Å². The molecule has 1 fully saturated rings. The number of carbonyl (C=O) groups excluding carboxylic acids is 2. The average molecular weight is 406 g/mol. The van der Waals surface area contributed by atoms with Gasteiger partial charge in [-0.3, -0.25) is 14.5 Å². The summed E-state index contributed by atoms with van der Waals surface area (Å²) in [6.45, 7) is 0. The summed E-state index contributed by atoms with van der Waals surface area (Å²) >= 11 is 6.03. The number of rotatable bonds is 3. The summed E-state index contributed by atoms with van der Waals surface area (Å²) in [7, 11) is 0. The maximum absolute atomic E-state index is 12.9. The van der Waals surface area contributed by atoms with E-state index in [0.29, 0.717) is 21.8 Å². The van der Waals surface area contributed by atoms with Gasteiger partial charge in [-0.15, -0.1) is 0 Å². The first-order valence-corrected chi connectivity index (χ1v) is 9.26. The number of aliphatic hydroxyl groups excluding tert-OH is 1. The van der Waals surface area contributed by atoms with Crippen molar-refractivity contribution in [3.63, 3.8) is 0 Å². The van der Waals surface area contributed by atoms with Gasteiger partial charge in [-0.1, -0.05) is 54.1 Å². The van der Waals surface area contributed by atoms with Gasteiger partial charge in [0, 0.05) is 16.3 Å². The Balaban J connectivity index is 1.95. The molecule has 1 atom stereocenters. The molecule has 4 rings (SSSR count). The highest BCUT2D eigenvalue weighted by molar-refractivity contribution is 6.51. The first-order valence-electron chi connectivity index (χ1n) is 8.88. The fourth-order valence-corrected chi connectivity index (χ4v) is 3.64. The number of benzene rings is 3. The van der Waals surface area contributed by atoms with Gasteiger partial charge in [0.25, 0.3) is 11.7 Å². The number of aromatic hydroxyl groups is 1. The number of hydrogen-bond acceptors (Lipinski definition) is 4. The molecule has 3 aromatic carbocycles. The van der Waals surface area contributed by atoms with Gasteiger partial charge in [0.15, 0.2) is 0 Å². The summed E-state index contributed by atoms with van der Waals surface area (Å²) in [6, 6.07) is 20.6. The van der Waals surface area contributed by atoms with Crippen molar-refractivity contribution in [3.8, 4) is 5.75 Å². The highest BCUT2D eigenvalue weighted by Crippen LogP contribution is 2.42. The zero-order valence-corrected chi connectivity index (χ0v) is 15.9. The Kier molecular flexibility index (Phi) is 4.82. The minimum atomic E-state index is -0.850. The first-order chi connectivity index (χ1) is 14.0. The molecule has 1 saturated heterocycles. The molecular weight excluding hydrogens is 390 g/mol. The summed E-state index contributed by atoms with van der Waals surface area (Å²) in [5, 5.41) is 21.0. The highest BCUT2D eigenvalue weighted by atomic mass is 35.5. The van der Waals surface area contributed by atoms with E-state index in [1.165, 1.54) is 23.1 Å². The molecule has 0 aliphatic carbocycles. The number of aliphatic hydroxyl groups is 1. The van der Waals surface area contributed by atoms with Gasteiger partial charge in [0.1, 0.15) is 11.5 Å². The second-order valence-electron chi connectivity index (χ2n) is 6.61. The zero-order chi connectivity index (χ0) is 20.5. The van der Waals surface area contributed by atoms with Crippen LogP contribution in [0.3, 0.4) is 0 Å². The van der Waals surface area contributed by atoms with Crippen LogP contribution in [0.1, 0.15) is 17.2 Å². The van der Waals surface area contributed by atoms with Crippen LogP contribution in [0.25, 0.3) is 5.76 Å². The number of halogens is 1. The molecule has 1 unspecified atom stereocenters. The second kappa shape index (κ2) is 7.45. The Morgan fingerprint density at radius 3 is 2.24 bits per heavy atom.